The SMILES string of the molecule is CCCNC1CCCc2sc(-c3ccc(C)c(Cl)c3)nc21. The van der Waals surface area contributed by atoms with E-state index in [0.717, 1.165) is 40.5 Å². The molecule has 1 atom stereocenters. The van der Waals surface area contributed by atoms with Crippen LogP contribution in [0.5, 0.6) is 0 Å². The minimum absolute atomic E-state index is 0.430. The van der Waals surface area contributed by atoms with Gasteiger partial charge in [-0.15, -0.1) is 11.3 Å². The molecular weight excluding hydrogens is 300 g/mol. The fraction of sp³-hybridized carbons (Fsp3) is 0.471. The third-order valence-electron chi connectivity index (χ3n) is 4.01. The summed E-state index contributed by atoms with van der Waals surface area (Å²) in [6, 6.07) is 6.67. The summed E-state index contributed by atoms with van der Waals surface area (Å²) in [4.78, 5) is 6.37. The Morgan fingerprint density at radius 1 is 1.43 bits per heavy atom. The van der Waals surface area contributed by atoms with E-state index in [0.29, 0.717) is 6.04 Å². The molecule has 1 aromatic carbocycles. The number of hydrogen-bond donors (Lipinski definition) is 1. The maximum atomic E-state index is 6.25. The van der Waals surface area contributed by atoms with Gasteiger partial charge in [0.25, 0.3) is 0 Å². The summed E-state index contributed by atoms with van der Waals surface area (Å²) in [7, 11) is 0. The van der Waals surface area contributed by atoms with E-state index in [4.69, 9.17) is 16.6 Å². The second-order valence-electron chi connectivity index (χ2n) is 5.69. The van der Waals surface area contributed by atoms with E-state index in [1.807, 2.05) is 24.3 Å². The highest BCUT2D eigenvalue weighted by atomic mass is 35.5. The van der Waals surface area contributed by atoms with Gasteiger partial charge in [-0.1, -0.05) is 30.7 Å². The summed E-state index contributed by atoms with van der Waals surface area (Å²) >= 11 is 8.08. The Morgan fingerprint density at radius 2 is 2.29 bits per heavy atom. The second kappa shape index (κ2) is 6.47. The van der Waals surface area contributed by atoms with Crippen LogP contribution >= 0.6 is 22.9 Å². The van der Waals surface area contributed by atoms with Crippen LogP contribution in [-0.2, 0) is 6.42 Å². The Labute approximate surface area is 135 Å². The van der Waals surface area contributed by atoms with E-state index in [2.05, 4.69) is 24.4 Å². The largest absolute Gasteiger partial charge is 0.309 e. The lowest BCUT2D eigenvalue weighted by Crippen LogP contribution is -2.25. The number of aromatic nitrogens is 1. The molecule has 1 heterocycles. The summed E-state index contributed by atoms with van der Waals surface area (Å²) < 4.78 is 0. The van der Waals surface area contributed by atoms with Crippen molar-refractivity contribution in [3.63, 3.8) is 0 Å². The monoisotopic (exact) mass is 320 g/mol. The second-order valence-corrected chi connectivity index (χ2v) is 7.18. The summed E-state index contributed by atoms with van der Waals surface area (Å²) in [5, 5.41) is 5.56. The number of aryl methyl sites for hydroxylation is 2. The van der Waals surface area contributed by atoms with Gasteiger partial charge in [0.2, 0.25) is 0 Å². The maximum Gasteiger partial charge on any atom is 0.123 e. The molecule has 112 valence electrons. The van der Waals surface area contributed by atoms with Gasteiger partial charge in [0.1, 0.15) is 5.01 Å². The number of benzene rings is 1. The number of fused-ring (bicyclic) bond motifs is 1. The molecule has 1 aliphatic rings. The first-order valence-electron chi connectivity index (χ1n) is 7.68. The molecule has 0 radical (unpaired) electrons. The average Bonchev–Trinajstić information content (AvgIpc) is 2.92. The van der Waals surface area contributed by atoms with E-state index >= 15 is 0 Å². The number of hydrogen-bond acceptors (Lipinski definition) is 3. The van der Waals surface area contributed by atoms with Gasteiger partial charge in [0.05, 0.1) is 11.7 Å². The highest BCUT2D eigenvalue weighted by molar-refractivity contribution is 7.15. The molecule has 0 saturated heterocycles. The van der Waals surface area contributed by atoms with Gasteiger partial charge < -0.3 is 5.32 Å². The van der Waals surface area contributed by atoms with Gasteiger partial charge in [-0.05, 0) is 50.8 Å². The zero-order valence-corrected chi connectivity index (χ0v) is 14.2. The molecule has 3 rings (SSSR count). The minimum Gasteiger partial charge on any atom is -0.309 e. The Kier molecular flexibility index (Phi) is 4.63. The minimum atomic E-state index is 0.430. The quantitative estimate of drug-likeness (QED) is 0.842. The standard InChI is InChI=1S/C17H21ClN2S/c1-3-9-19-14-5-4-6-15-16(14)20-17(21-15)12-8-7-11(2)13(18)10-12/h7-8,10,14,19H,3-6,9H2,1-2H3. The lowest BCUT2D eigenvalue weighted by atomic mass is 9.97. The molecule has 0 saturated carbocycles. The highest BCUT2D eigenvalue weighted by Gasteiger charge is 2.24. The molecule has 21 heavy (non-hydrogen) atoms. The van der Waals surface area contributed by atoms with Crippen molar-refractivity contribution in [2.45, 2.75) is 45.6 Å². The van der Waals surface area contributed by atoms with Crippen LogP contribution in [0.1, 0.15) is 48.4 Å². The van der Waals surface area contributed by atoms with Crippen molar-refractivity contribution in [3.05, 3.63) is 39.4 Å². The number of thiazole rings is 1. The molecule has 0 spiro atoms. The fourth-order valence-electron chi connectivity index (χ4n) is 2.79. The van der Waals surface area contributed by atoms with Crippen molar-refractivity contribution in [2.75, 3.05) is 6.54 Å². The lowest BCUT2D eigenvalue weighted by Gasteiger charge is -2.22. The molecule has 0 bridgehead atoms. The van der Waals surface area contributed by atoms with Gasteiger partial charge in [-0.3, -0.25) is 0 Å². The van der Waals surface area contributed by atoms with Gasteiger partial charge in [-0.2, -0.15) is 0 Å². The summed E-state index contributed by atoms with van der Waals surface area (Å²) in [5.74, 6) is 0. The van der Waals surface area contributed by atoms with Gasteiger partial charge in [0, 0.05) is 15.5 Å². The predicted octanol–water partition coefficient (Wildman–Crippen LogP) is 5.15. The molecule has 2 aromatic rings. The molecule has 0 aliphatic heterocycles. The summed E-state index contributed by atoms with van der Waals surface area (Å²) in [5.41, 5.74) is 3.52. The lowest BCUT2D eigenvalue weighted by molar-refractivity contribution is 0.454. The van der Waals surface area contributed by atoms with Crippen LogP contribution in [0.4, 0.5) is 0 Å². The zero-order valence-electron chi connectivity index (χ0n) is 12.6. The molecule has 1 N–H and O–H groups in total. The topological polar surface area (TPSA) is 24.9 Å². The summed E-state index contributed by atoms with van der Waals surface area (Å²) in [6.07, 6.45) is 4.78. The molecular formula is C17H21ClN2S. The zero-order chi connectivity index (χ0) is 14.8. The molecule has 2 nitrogen and oxygen atoms in total. The van der Waals surface area contributed by atoms with Crippen molar-refractivity contribution < 1.29 is 0 Å². The van der Waals surface area contributed by atoms with Crippen LogP contribution in [0, 0.1) is 6.92 Å². The molecule has 1 unspecified atom stereocenters. The van der Waals surface area contributed by atoms with Crippen molar-refractivity contribution >= 4 is 22.9 Å². The average molecular weight is 321 g/mol. The van der Waals surface area contributed by atoms with Crippen LogP contribution in [0.2, 0.25) is 5.02 Å². The van der Waals surface area contributed by atoms with Crippen LogP contribution in [-0.4, -0.2) is 11.5 Å². The third kappa shape index (κ3) is 3.15. The van der Waals surface area contributed by atoms with E-state index in [9.17, 15) is 0 Å². The van der Waals surface area contributed by atoms with Crippen molar-refractivity contribution in [2.24, 2.45) is 0 Å². The number of nitrogens with zero attached hydrogens (tertiary/aromatic N) is 1. The van der Waals surface area contributed by atoms with Gasteiger partial charge in [0.15, 0.2) is 0 Å². The maximum absolute atomic E-state index is 6.25. The third-order valence-corrected chi connectivity index (χ3v) is 5.60. The van der Waals surface area contributed by atoms with Crippen LogP contribution in [0.3, 0.4) is 0 Å². The first-order chi connectivity index (χ1) is 10.2. The number of rotatable bonds is 4. The van der Waals surface area contributed by atoms with Crippen LogP contribution in [0.25, 0.3) is 10.6 Å². The Bertz CT molecular complexity index is 636. The van der Waals surface area contributed by atoms with E-state index in [1.54, 1.807) is 0 Å². The molecule has 1 aromatic heterocycles. The van der Waals surface area contributed by atoms with E-state index < -0.39 is 0 Å². The van der Waals surface area contributed by atoms with Gasteiger partial charge >= 0.3 is 0 Å². The number of nitrogens with one attached hydrogen (secondary N) is 1. The normalized spacial score (nSPS) is 17.8. The highest BCUT2D eigenvalue weighted by Crippen LogP contribution is 2.37. The van der Waals surface area contributed by atoms with E-state index in [-0.39, 0.29) is 0 Å². The van der Waals surface area contributed by atoms with Gasteiger partial charge in [-0.25, -0.2) is 4.98 Å². The van der Waals surface area contributed by atoms with Crippen LogP contribution < -0.4 is 5.32 Å². The van der Waals surface area contributed by atoms with Crippen molar-refractivity contribution in [1.82, 2.24) is 10.3 Å². The fourth-order valence-corrected chi connectivity index (χ4v) is 4.13. The Balaban J connectivity index is 1.91. The Morgan fingerprint density at radius 3 is 3.05 bits per heavy atom. The molecule has 4 heteroatoms. The predicted molar refractivity (Wildman–Crippen MR) is 91.3 cm³/mol. The first kappa shape index (κ1) is 15.0. The van der Waals surface area contributed by atoms with Crippen molar-refractivity contribution in [3.8, 4) is 10.6 Å². The number of halogens is 1. The van der Waals surface area contributed by atoms with Crippen LogP contribution in [0.15, 0.2) is 18.2 Å². The van der Waals surface area contributed by atoms with Crippen molar-refractivity contribution in [1.29, 1.82) is 0 Å². The van der Waals surface area contributed by atoms with E-state index in [1.165, 1.54) is 23.4 Å². The molecule has 1 aliphatic carbocycles. The smallest absolute Gasteiger partial charge is 0.123 e. The summed E-state index contributed by atoms with van der Waals surface area (Å²) in [6.45, 7) is 5.30. The first-order valence-corrected chi connectivity index (χ1v) is 8.88. The molecule has 0 fully saturated rings. The molecule has 0 amide bonds. The Hall–Kier alpha value is -0.900.